The van der Waals surface area contributed by atoms with Gasteiger partial charge in [-0.1, -0.05) is 23.7 Å². The summed E-state index contributed by atoms with van der Waals surface area (Å²) in [6.07, 6.45) is 4.37. The smallest absolute Gasteiger partial charge is 0.260 e. The first-order valence-electron chi connectivity index (χ1n) is 9.72. The highest BCUT2D eigenvalue weighted by atomic mass is 35.5. The fourth-order valence-electron chi connectivity index (χ4n) is 4.27. The minimum Gasteiger partial charge on any atom is -0.353 e. The van der Waals surface area contributed by atoms with Crippen molar-refractivity contribution in [3.63, 3.8) is 0 Å². The molecule has 0 radical (unpaired) electrons. The van der Waals surface area contributed by atoms with Crippen molar-refractivity contribution in [2.24, 2.45) is 7.05 Å². The number of nitrogens with zero attached hydrogens (tertiary/aromatic N) is 3. The molecule has 1 aromatic carbocycles. The second kappa shape index (κ2) is 7.44. The lowest BCUT2D eigenvalue weighted by Crippen LogP contribution is -2.26. The number of likely N-dealkylation sites (tertiary alicyclic amines) is 1. The summed E-state index contributed by atoms with van der Waals surface area (Å²) in [4.78, 5) is 23.9. The number of hydrogen-bond acceptors (Lipinski definition) is 4. The zero-order chi connectivity index (χ0) is 20.0. The number of H-pyrrole nitrogens is 1. The number of hydrogen-bond donors (Lipinski definition) is 1. The molecule has 0 saturated carbocycles. The number of rotatable bonds is 4. The lowest BCUT2D eigenvalue weighted by molar-refractivity contribution is 0.235. The first kappa shape index (κ1) is 18.6. The number of fused-ring (bicyclic) bond motifs is 1. The van der Waals surface area contributed by atoms with Gasteiger partial charge >= 0.3 is 0 Å². The first-order valence-corrected chi connectivity index (χ1v) is 11.0. The molecule has 0 bridgehead atoms. The van der Waals surface area contributed by atoms with Crippen molar-refractivity contribution in [1.29, 1.82) is 0 Å². The molecule has 1 atom stereocenters. The van der Waals surface area contributed by atoms with Crippen LogP contribution in [0.15, 0.2) is 52.8 Å². The van der Waals surface area contributed by atoms with E-state index in [4.69, 9.17) is 16.6 Å². The molecule has 29 heavy (non-hydrogen) atoms. The molecule has 1 aliphatic heterocycles. The van der Waals surface area contributed by atoms with E-state index in [1.165, 1.54) is 17.0 Å². The molecule has 0 spiro atoms. The second-order valence-electron chi connectivity index (χ2n) is 7.52. The fraction of sp³-hybridized carbons (Fsp3) is 0.273. The van der Waals surface area contributed by atoms with Crippen molar-refractivity contribution >= 4 is 33.2 Å². The van der Waals surface area contributed by atoms with Gasteiger partial charge in [0.1, 0.15) is 10.7 Å². The number of aryl methyl sites for hydroxylation is 1. The molecule has 1 fully saturated rings. The third kappa shape index (κ3) is 3.41. The van der Waals surface area contributed by atoms with Crippen molar-refractivity contribution in [1.82, 2.24) is 19.4 Å². The number of nitrogens with one attached hydrogen (secondary N) is 1. The Morgan fingerprint density at radius 3 is 2.86 bits per heavy atom. The maximum Gasteiger partial charge on any atom is 0.260 e. The molecule has 3 aromatic heterocycles. The lowest BCUT2D eigenvalue weighted by Gasteiger charge is -2.24. The fourth-order valence-corrected chi connectivity index (χ4v) is 5.37. The standard InChI is InChI=1S/C22H21ClN4OS/c1-26-10-2-4-17(26)18-5-3-11-27(18)12-19-24-21(28)20-16(13-29-22(20)25-19)14-6-8-15(23)9-7-14/h2,4,6-10,13,18H,3,5,11-12H2,1H3,(H,24,25,28)/t18-/m1/s1. The average molecular weight is 425 g/mol. The zero-order valence-corrected chi connectivity index (χ0v) is 17.6. The van der Waals surface area contributed by atoms with Crippen LogP contribution in [0.1, 0.15) is 30.4 Å². The summed E-state index contributed by atoms with van der Waals surface area (Å²) in [6.45, 7) is 1.66. The van der Waals surface area contributed by atoms with E-state index in [0.29, 0.717) is 23.0 Å². The average Bonchev–Trinajstić information content (AvgIpc) is 3.42. The first-order chi connectivity index (χ1) is 14.1. The highest BCUT2D eigenvalue weighted by Crippen LogP contribution is 2.34. The summed E-state index contributed by atoms with van der Waals surface area (Å²) in [5.74, 6) is 0.730. The van der Waals surface area contributed by atoms with Crippen LogP contribution in [0.3, 0.4) is 0 Å². The quantitative estimate of drug-likeness (QED) is 0.502. The molecular formula is C22H21ClN4OS. The minimum atomic E-state index is -0.0780. The Morgan fingerprint density at radius 2 is 2.10 bits per heavy atom. The van der Waals surface area contributed by atoms with Crippen molar-refractivity contribution in [3.8, 4) is 11.1 Å². The summed E-state index contributed by atoms with van der Waals surface area (Å²) < 4.78 is 2.18. The van der Waals surface area contributed by atoms with Gasteiger partial charge in [-0.15, -0.1) is 11.3 Å². The molecule has 0 amide bonds. The topological polar surface area (TPSA) is 53.9 Å². The van der Waals surface area contributed by atoms with Crippen LogP contribution in [0.25, 0.3) is 21.3 Å². The van der Waals surface area contributed by atoms with Crippen LogP contribution in [0, 0.1) is 0 Å². The third-order valence-electron chi connectivity index (χ3n) is 5.69. The monoisotopic (exact) mass is 424 g/mol. The van der Waals surface area contributed by atoms with E-state index in [1.54, 1.807) is 0 Å². The molecule has 4 aromatic rings. The summed E-state index contributed by atoms with van der Waals surface area (Å²) in [5, 5.41) is 3.34. The maximum absolute atomic E-state index is 12.9. The van der Waals surface area contributed by atoms with Crippen LogP contribution >= 0.6 is 22.9 Å². The number of aromatic nitrogens is 3. The van der Waals surface area contributed by atoms with Gasteiger partial charge < -0.3 is 9.55 Å². The van der Waals surface area contributed by atoms with Gasteiger partial charge in [-0.05, 0) is 49.2 Å². The highest BCUT2D eigenvalue weighted by Gasteiger charge is 2.28. The molecule has 5 rings (SSSR count). The minimum absolute atomic E-state index is 0.0780. The molecule has 148 valence electrons. The van der Waals surface area contributed by atoms with E-state index < -0.39 is 0 Å². The largest absolute Gasteiger partial charge is 0.353 e. The van der Waals surface area contributed by atoms with Gasteiger partial charge in [0.15, 0.2) is 0 Å². The summed E-state index contributed by atoms with van der Waals surface area (Å²) in [7, 11) is 2.09. The molecule has 1 saturated heterocycles. The van der Waals surface area contributed by atoms with Gasteiger partial charge in [0.05, 0.1) is 18.0 Å². The Hall–Kier alpha value is -2.41. The Labute approximate surface area is 177 Å². The van der Waals surface area contributed by atoms with E-state index >= 15 is 0 Å². The number of halogens is 1. The van der Waals surface area contributed by atoms with E-state index in [0.717, 1.165) is 41.2 Å². The molecular weight excluding hydrogens is 404 g/mol. The lowest BCUT2D eigenvalue weighted by atomic mass is 10.1. The molecule has 4 heterocycles. The molecule has 1 aliphatic rings. The van der Waals surface area contributed by atoms with Crippen molar-refractivity contribution in [2.45, 2.75) is 25.4 Å². The van der Waals surface area contributed by atoms with Crippen molar-refractivity contribution < 1.29 is 0 Å². The zero-order valence-electron chi connectivity index (χ0n) is 16.1. The van der Waals surface area contributed by atoms with Gasteiger partial charge in [-0.2, -0.15) is 0 Å². The van der Waals surface area contributed by atoms with E-state index in [9.17, 15) is 4.79 Å². The van der Waals surface area contributed by atoms with Gasteiger partial charge in [-0.25, -0.2) is 4.98 Å². The van der Waals surface area contributed by atoms with Crippen molar-refractivity contribution in [3.05, 3.63) is 74.9 Å². The summed E-state index contributed by atoms with van der Waals surface area (Å²) in [6, 6.07) is 12.2. The van der Waals surface area contributed by atoms with E-state index in [-0.39, 0.29) is 5.56 Å². The Morgan fingerprint density at radius 1 is 1.28 bits per heavy atom. The van der Waals surface area contributed by atoms with Crippen LogP contribution < -0.4 is 5.56 Å². The number of benzene rings is 1. The van der Waals surface area contributed by atoms with Gasteiger partial charge in [-0.3, -0.25) is 9.69 Å². The Kier molecular flexibility index (Phi) is 4.78. The SMILES string of the molecule is Cn1cccc1[C@H]1CCCN1Cc1nc2scc(-c3ccc(Cl)cc3)c2c(=O)[nH]1. The van der Waals surface area contributed by atoms with E-state index in [1.807, 2.05) is 29.6 Å². The summed E-state index contributed by atoms with van der Waals surface area (Å²) >= 11 is 7.51. The van der Waals surface area contributed by atoms with Crippen LogP contribution in [0.4, 0.5) is 0 Å². The number of aromatic amines is 1. The van der Waals surface area contributed by atoms with Crippen LogP contribution in [0.2, 0.25) is 5.02 Å². The van der Waals surface area contributed by atoms with Crippen molar-refractivity contribution in [2.75, 3.05) is 6.54 Å². The second-order valence-corrected chi connectivity index (χ2v) is 8.82. The highest BCUT2D eigenvalue weighted by molar-refractivity contribution is 7.17. The van der Waals surface area contributed by atoms with Crippen LogP contribution in [0.5, 0.6) is 0 Å². The molecule has 0 aliphatic carbocycles. The van der Waals surface area contributed by atoms with Crippen LogP contribution in [-0.4, -0.2) is 26.0 Å². The summed E-state index contributed by atoms with van der Waals surface area (Å²) in [5.41, 5.74) is 3.12. The predicted octanol–water partition coefficient (Wildman–Crippen LogP) is 4.98. The van der Waals surface area contributed by atoms with Crippen LogP contribution in [-0.2, 0) is 13.6 Å². The molecule has 1 N–H and O–H groups in total. The van der Waals surface area contributed by atoms with E-state index in [2.05, 4.69) is 39.8 Å². The molecule has 0 unspecified atom stereocenters. The van der Waals surface area contributed by atoms with Gasteiger partial charge in [0.25, 0.3) is 5.56 Å². The van der Waals surface area contributed by atoms with Gasteiger partial charge in [0, 0.05) is 34.9 Å². The third-order valence-corrected chi connectivity index (χ3v) is 6.81. The Balaban J connectivity index is 1.47. The van der Waals surface area contributed by atoms with Gasteiger partial charge in [0.2, 0.25) is 0 Å². The predicted molar refractivity (Wildman–Crippen MR) is 118 cm³/mol. The molecule has 7 heteroatoms. The Bertz CT molecular complexity index is 1220. The maximum atomic E-state index is 12.9. The molecule has 5 nitrogen and oxygen atoms in total. The number of thiophene rings is 1. The normalized spacial score (nSPS) is 17.4.